The predicted octanol–water partition coefficient (Wildman–Crippen LogP) is 4.71. The number of carbonyl (C=O) groups excluding carboxylic acids is 2. The minimum Gasteiger partial charge on any atom is -0.357 e. The normalized spacial score (nSPS) is 12.2. The Morgan fingerprint density at radius 3 is 2.17 bits per heavy atom. The zero-order chi connectivity index (χ0) is 26.3. The SMILES string of the molecule is CC[C@H](C(=O)NC)N(Cc1ccc(Cl)c(Cl)c1)C(=O)CCCN(c1cc(C)cc(C)c1)S(C)(=O)=O. The fourth-order valence-electron chi connectivity index (χ4n) is 4.02. The maximum Gasteiger partial charge on any atom is 0.242 e. The molecule has 0 aliphatic carbocycles. The van der Waals surface area contributed by atoms with Crippen molar-refractivity contribution in [1.29, 1.82) is 0 Å². The highest BCUT2D eigenvalue weighted by Crippen LogP contribution is 2.25. The molecule has 0 aromatic heterocycles. The van der Waals surface area contributed by atoms with Gasteiger partial charge in [0, 0.05) is 26.6 Å². The van der Waals surface area contributed by atoms with Gasteiger partial charge < -0.3 is 10.2 Å². The highest BCUT2D eigenvalue weighted by molar-refractivity contribution is 7.92. The van der Waals surface area contributed by atoms with Crippen molar-refractivity contribution in [2.75, 3.05) is 24.2 Å². The van der Waals surface area contributed by atoms with Crippen LogP contribution in [-0.4, -0.2) is 51.0 Å². The van der Waals surface area contributed by atoms with E-state index in [-0.39, 0.29) is 31.3 Å². The lowest BCUT2D eigenvalue weighted by atomic mass is 10.1. The number of aryl methyl sites for hydroxylation is 2. The van der Waals surface area contributed by atoms with Crippen molar-refractivity contribution >= 4 is 50.7 Å². The Bertz CT molecular complexity index is 1150. The Kier molecular flexibility index (Phi) is 10.4. The first-order valence-electron chi connectivity index (χ1n) is 11.4. The van der Waals surface area contributed by atoms with Crippen molar-refractivity contribution in [2.24, 2.45) is 0 Å². The summed E-state index contributed by atoms with van der Waals surface area (Å²) < 4.78 is 26.3. The zero-order valence-electron chi connectivity index (χ0n) is 20.8. The minimum atomic E-state index is -3.55. The summed E-state index contributed by atoms with van der Waals surface area (Å²) in [6.45, 7) is 5.97. The predicted molar refractivity (Wildman–Crippen MR) is 142 cm³/mol. The molecule has 1 N–H and O–H groups in total. The molecule has 2 aromatic carbocycles. The van der Waals surface area contributed by atoms with Gasteiger partial charge in [-0.1, -0.05) is 42.3 Å². The largest absolute Gasteiger partial charge is 0.357 e. The molecule has 7 nitrogen and oxygen atoms in total. The van der Waals surface area contributed by atoms with Gasteiger partial charge in [-0.3, -0.25) is 13.9 Å². The molecule has 0 radical (unpaired) electrons. The summed E-state index contributed by atoms with van der Waals surface area (Å²) in [4.78, 5) is 27.4. The minimum absolute atomic E-state index is 0.0750. The second-order valence-electron chi connectivity index (χ2n) is 8.59. The van der Waals surface area contributed by atoms with E-state index in [4.69, 9.17) is 23.2 Å². The molecule has 0 unspecified atom stereocenters. The number of carbonyl (C=O) groups is 2. The van der Waals surface area contributed by atoms with E-state index < -0.39 is 16.1 Å². The zero-order valence-corrected chi connectivity index (χ0v) is 23.1. The van der Waals surface area contributed by atoms with Gasteiger partial charge in [0.25, 0.3) is 0 Å². The number of anilines is 1. The smallest absolute Gasteiger partial charge is 0.242 e. The Labute approximate surface area is 218 Å². The van der Waals surface area contributed by atoms with E-state index >= 15 is 0 Å². The number of benzene rings is 2. The van der Waals surface area contributed by atoms with Crippen molar-refractivity contribution in [3.05, 3.63) is 63.1 Å². The Morgan fingerprint density at radius 1 is 1.03 bits per heavy atom. The number of likely N-dealkylation sites (N-methyl/N-ethyl adjacent to an activating group) is 1. The Balaban J connectivity index is 2.23. The molecule has 192 valence electrons. The van der Waals surface area contributed by atoms with E-state index in [0.717, 1.165) is 22.9 Å². The van der Waals surface area contributed by atoms with Crippen molar-refractivity contribution in [1.82, 2.24) is 10.2 Å². The number of halogens is 2. The van der Waals surface area contributed by atoms with Gasteiger partial charge in [-0.15, -0.1) is 0 Å². The van der Waals surface area contributed by atoms with E-state index in [1.54, 1.807) is 18.2 Å². The molecule has 0 saturated heterocycles. The van der Waals surface area contributed by atoms with E-state index in [0.29, 0.717) is 28.6 Å². The second kappa shape index (κ2) is 12.6. The number of nitrogens with zero attached hydrogens (tertiary/aromatic N) is 2. The molecular formula is C25H33Cl2N3O4S. The van der Waals surface area contributed by atoms with E-state index in [1.165, 1.54) is 16.3 Å². The fraction of sp³-hybridized carbons (Fsp3) is 0.440. The van der Waals surface area contributed by atoms with E-state index in [1.807, 2.05) is 39.0 Å². The second-order valence-corrected chi connectivity index (χ2v) is 11.3. The van der Waals surface area contributed by atoms with Gasteiger partial charge in [0.2, 0.25) is 21.8 Å². The van der Waals surface area contributed by atoms with Crippen LogP contribution in [0.5, 0.6) is 0 Å². The number of rotatable bonds is 11. The highest BCUT2D eigenvalue weighted by Gasteiger charge is 2.28. The maximum absolute atomic E-state index is 13.3. The van der Waals surface area contributed by atoms with Crippen molar-refractivity contribution in [2.45, 2.75) is 52.6 Å². The summed E-state index contributed by atoms with van der Waals surface area (Å²) in [6, 6.07) is 10.0. The van der Waals surface area contributed by atoms with Crippen LogP contribution in [0.4, 0.5) is 5.69 Å². The van der Waals surface area contributed by atoms with E-state index in [2.05, 4.69) is 5.32 Å². The molecule has 0 spiro atoms. The lowest BCUT2D eigenvalue weighted by Crippen LogP contribution is -2.48. The first kappa shape index (κ1) is 28.9. The number of hydrogen-bond donors (Lipinski definition) is 1. The van der Waals surface area contributed by atoms with Gasteiger partial charge in [0.1, 0.15) is 6.04 Å². The summed E-state index contributed by atoms with van der Waals surface area (Å²) in [5, 5.41) is 3.38. The highest BCUT2D eigenvalue weighted by atomic mass is 35.5. The van der Waals surface area contributed by atoms with Crippen LogP contribution in [0, 0.1) is 13.8 Å². The van der Waals surface area contributed by atoms with Gasteiger partial charge >= 0.3 is 0 Å². The topological polar surface area (TPSA) is 86.8 Å². The van der Waals surface area contributed by atoms with Gasteiger partial charge in [-0.05, 0) is 67.6 Å². The number of sulfonamides is 1. The van der Waals surface area contributed by atoms with Crippen LogP contribution in [0.2, 0.25) is 10.0 Å². The molecule has 2 rings (SSSR count). The van der Waals surface area contributed by atoms with Crippen molar-refractivity contribution in [3.8, 4) is 0 Å². The lowest BCUT2D eigenvalue weighted by molar-refractivity contribution is -0.141. The summed E-state index contributed by atoms with van der Waals surface area (Å²) in [5.74, 6) is -0.519. The van der Waals surface area contributed by atoms with Gasteiger partial charge in [0.15, 0.2) is 0 Å². The molecule has 0 aliphatic heterocycles. The van der Waals surface area contributed by atoms with Crippen molar-refractivity contribution in [3.63, 3.8) is 0 Å². The molecule has 0 bridgehead atoms. The van der Waals surface area contributed by atoms with Crippen LogP contribution in [0.15, 0.2) is 36.4 Å². The van der Waals surface area contributed by atoms with Crippen LogP contribution in [0.25, 0.3) is 0 Å². The summed E-state index contributed by atoms with van der Waals surface area (Å²) >= 11 is 12.2. The molecule has 35 heavy (non-hydrogen) atoms. The average molecular weight is 543 g/mol. The monoisotopic (exact) mass is 541 g/mol. The lowest BCUT2D eigenvalue weighted by Gasteiger charge is -2.31. The molecule has 0 aliphatic rings. The molecule has 0 fully saturated rings. The molecule has 0 heterocycles. The third-order valence-corrected chi connectivity index (χ3v) is 7.55. The third kappa shape index (κ3) is 8.12. The van der Waals surface area contributed by atoms with Crippen LogP contribution in [0.3, 0.4) is 0 Å². The molecule has 1 atom stereocenters. The summed E-state index contributed by atoms with van der Waals surface area (Å²) in [5.41, 5.74) is 3.22. The molecule has 2 aromatic rings. The standard InChI is InChI=1S/C25H33Cl2N3O4S/c1-6-23(25(32)28-4)29(16-19-9-10-21(26)22(27)15-19)24(31)8-7-11-30(35(5,33)34)20-13-17(2)12-18(3)14-20/h9-10,12-15,23H,6-8,11,16H2,1-5H3,(H,28,32)/t23-/m1/s1. The molecule has 0 saturated carbocycles. The van der Waals surface area contributed by atoms with Crippen LogP contribution in [-0.2, 0) is 26.2 Å². The van der Waals surface area contributed by atoms with Gasteiger partial charge in [-0.2, -0.15) is 0 Å². The van der Waals surface area contributed by atoms with E-state index in [9.17, 15) is 18.0 Å². The first-order chi connectivity index (χ1) is 16.4. The first-order valence-corrected chi connectivity index (χ1v) is 14.0. The van der Waals surface area contributed by atoms with Crippen molar-refractivity contribution < 1.29 is 18.0 Å². The molecule has 2 amide bonds. The third-order valence-electron chi connectivity index (χ3n) is 5.62. The maximum atomic E-state index is 13.3. The number of nitrogens with one attached hydrogen (secondary N) is 1. The number of hydrogen-bond acceptors (Lipinski definition) is 4. The van der Waals surface area contributed by atoms with Gasteiger partial charge in [0.05, 0.1) is 22.0 Å². The van der Waals surface area contributed by atoms with Crippen LogP contribution in [0.1, 0.15) is 42.9 Å². The molecule has 10 heteroatoms. The van der Waals surface area contributed by atoms with Crippen LogP contribution < -0.4 is 9.62 Å². The van der Waals surface area contributed by atoms with Crippen LogP contribution >= 0.6 is 23.2 Å². The average Bonchev–Trinajstić information content (AvgIpc) is 2.76. The number of amides is 2. The molecular weight excluding hydrogens is 509 g/mol. The Hall–Kier alpha value is -2.29. The Morgan fingerprint density at radius 2 is 1.66 bits per heavy atom. The summed E-state index contributed by atoms with van der Waals surface area (Å²) in [6.07, 6.45) is 1.94. The fourth-order valence-corrected chi connectivity index (χ4v) is 5.29. The van der Waals surface area contributed by atoms with Gasteiger partial charge in [-0.25, -0.2) is 8.42 Å². The quantitative estimate of drug-likeness (QED) is 0.446. The summed E-state index contributed by atoms with van der Waals surface area (Å²) in [7, 11) is -2.02.